The number of nitrogens with zero attached hydrogens (tertiary/aromatic N) is 1. The molecule has 0 saturated heterocycles. The minimum Gasteiger partial charge on any atom is -0.398 e. The van der Waals surface area contributed by atoms with E-state index in [-0.39, 0.29) is 5.91 Å². The maximum absolute atomic E-state index is 12.5. The zero-order valence-corrected chi connectivity index (χ0v) is 12.6. The molecule has 1 heterocycles. The highest BCUT2D eigenvalue weighted by Gasteiger charge is 2.23. The fourth-order valence-electron chi connectivity index (χ4n) is 2.65. The van der Waals surface area contributed by atoms with Crippen molar-refractivity contribution in [3.63, 3.8) is 0 Å². The number of fused-ring (bicyclic) bond motifs is 1. The average molecular weight is 298 g/mol. The first kappa shape index (κ1) is 14.0. The molecule has 0 spiro atoms. The van der Waals surface area contributed by atoms with Crippen LogP contribution in [0.2, 0.25) is 0 Å². The first-order valence-corrected chi connectivity index (χ1v) is 8.10. The third kappa shape index (κ3) is 3.05. The Morgan fingerprint density at radius 1 is 1.14 bits per heavy atom. The lowest BCUT2D eigenvalue weighted by atomic mass is 10.00. The third-order valence-corrected chi connectivity index (χ3v) is 4.69. The van der Waals surface area contributed by atoms with E-state index in [1.165, 1.54) is 0 Å². The number of nitrogens with two attached hydrogens (primary N) is 1. The molecule has 0 atom stereocenters. The highest BCUT2D eigenvalue weighted by atomic mass is 32.2. The Balaban J connectivity index is 1.73. The van der Waals surface area contributed by atoms with Crippen LogP contribution >= 0.6 is 11.8 Å². The summed E-state index contributed by atoms with van der Waals surface area (Å²) in [5.41, 5.74) is 8.92. The SMILES string of the molecule is Nc1cccc2c1CCCN2C(=O)CSc1ccccc1. The van der Waals surface area contributed by atoms with Crippen LogP contribution in [-0.2, 0) is 11.2 Å². The van der Waals surface area contributed by atoms with E-state index in [4.69, 9.17) is 5.73 Å². The number of thioether (sulfide) groups is 1. The summed E-state index contributed by atoms with van der Waals surface area (Å²) in [5.74, 6) is 0.605. The van der Waals surface area contributed by atoms with Gasteiger partial charge in [-0.15, -0.1) is 11.8 Å². The van der Waals surface area contributed by atoms with Gasteiger partial charge in [0.1, 0.15) is 0 Å². The van der Waals surface area contributed by atoms with Crippen LogP contribution in [-0.4, -0.2) is 18.2 Å². The van der Waals surface area contributed by atoms with Gasteiger partial charge in [0.2, 0.25) is 5.91 Å². The molecule has 108 valence electrons. The second-order valence-corrected chi connectivity index (χ2v) is 6.14. The second-order valence-electron chi connectivity index (χ2n) is 5.10. The van der Waals surface area contributed by atoms with E-state index in [1.807, 2.05) is 53.4 Å². The Labute approximate surface area is 129 Å². The van der Waals surface area contributed by atoms with Crippen molar-refractivity contribution in [2.75, 3.05) is 22.9 Å². The van der Waals surface area contributed by atoms with Crippen molar-refractivity contribution < 1.29 is 4.79 Å². The van der Waals surface area contributed by atoms with Crippen molar-refractivity contribution in [3.8, 4) is 0 Å². The lowest BCUT2D eigenvalue weighted by Crippen LogP contribution is -2.36. The molecule has 0 aliphatic carbocycles. The summed E-state index contributed by atoms with van der Waals surface area (Å²) in [6.07, 6.45) is 1.93. The van der Waals surface area contributed by atoms with Gasteiger partial charge >= 0.3 is 0 Å². The first-order chi connectivity index (χ1) is 10.3. The van der Waals surface area contributed by atoms with Gasteiger partial charge in [-0.2, -0.15) is 0 Å². The van der Waals surface area contributed by atoms with E-state index in [2.05, 4.69) is 0 Å². The van der Waals surface area contributed by atoms with Gasteiger partial charge in [0.25, 0.3) is 0 Å². The molecule has 3 rings (SSSR count). The van der Waals surface area contributed by atoms with E-state index in [0.29, 0.717) is 5.75 Å². The Hall–Kier alpha value is -1.94. The average Bonchev–Trinajstić information content (AvgIpc) is 2.53. The number of rotatable bonds is 3. The van der Waals surface area contributed by atoms with Crippen LogP contribution in [0, 0.1) is 0 Å². The second kappa shape index (κ2) is 6.22. The van der Waals surface area contributed by atoms with Crippen molar-refractivity contribution in [1.29, 1.82) is 0 Å². The van der Waals surface area contributed by atoms with Gasteiger partial charge in [0, 0.05) is 22.8 Å². The molecule has 0 aromatic heterocycles. The molecule has 1 aliphatic rings. The van der Waals surface area contributed by atoms with Gasteiger partial charge in [0.05, 0.1) is 5.75 Å². The molecule has 0 bridgehead atoms. The number of carbonyl (C=O) groups is 1. The Morgan fingerprint density at radius 3 is 2.76 bits per heavy atom. The summed E-state index contributed by atoms with van der Waals surface area (Å²) in [4.78, 5) is 15.5. The maximum Gasteiger partial charge on any atom is 0.237 e. The highest BCUT2D eigenvalue weighted by molar-refractivity contribution is 8.00. The molecule has 2 aromatic carbocycles. The van der Waals surface area contributed by atoms with E-state index in [0.717, 1.165) is 41.2 Å². The number of benzene rings is 2. The van der Waals surface area contributed by atoms with Crippen molar-refractivity contribution in [3.05, 3.63) is 54.1 Å². The molecule has 0 saturated carbocycles. The molecule has 1 amide bonds. The molecular weight excluding hydrogens is 280 g/mol. The summed E-state index contributed by atoms with van der Waals surface area (Å²) >= 11 is 1.58. The van der Waals surface area contributed by atoms with E-state index in [1.54, 1.807) is 11.8 Å². The van der Waals surface area contributed by atoms with Crippen molar-refractivity contribution >= 4 is 29.0 Å². The summed E-state index contributed by atoms with van der Waals surface area (Å²) < 4.78 is 0. The van der Waals surface area contributed by atoms with E-state index in [9.17, 15) is 4.79 Å². The summed E-state index contributed by atoms with van der Waals surface area (Å²) in [6, 6.07) is 15.8. The minimum absolute atomic E-state index is 0.149. The van der Waals surface area contributed by atoms with Crippen molar-refractivity contribution in [1.82, 2.24) is 0 Å². The van der Waals surface area contributed by atoms with Crippen LogP contribution in [0.3, 0.4) is 0 Å². The van der Waals surface area contributed by atoms with Crippen molar-refractivity contribution in [2.45, 2.75) is 17.7 Å². The van der Waals surface area contributed by atoms with Crippen LogP contribution < -0.4 is 10.6 Å². The fourth-order valence-corrected chi connectivity index (χ4v) is 3.45. The predicted molar refractivity (Wildman–Crippen MR) is 88.7 cm³/mol. The molecule has 4 heteroatoms. The largest absolute Gasteiger partial charge is 0.398 e. The first-order valence-electron chi connectivity index (χ1n) is 7.11. The van der Waals surface area contributed by atoms with Crippen LogP contribution in [0.15, 0.2) is 53.4 Å². The van der Waals surface area contributed by atoms with Crippen LogP contribution in [0.4, 0.5) is 11.4 Å². The standard InChI is InChI=1S/C17H18N2OS/c18-15-9-4-10-16-14(15)8-5-11-19(16)17(20)12-21-13-6-2-1-3-7-13/h1-4,6-7,9-10H,5,8,11-12,18H2. The monoisotopic (exact) mass is 298 g/mol. The lowest BCUT2D eigenvalue weighted by molar-refractivity contribution is -0.116. The topological polar surface area (TPSA) is 46.3 Å². The van der Waals surface area contributed by atoms with Gasteiger partial charge in [-0.25, -0.2) is 0 Å². The summed E-state index contributed by atoms with van der Waals surface area (Å²) in [6.45, 7) is 0.782. The molecule has 0 unspecified atom stereocenters. The maximum atomic E-state index is 12.5. The number of nitrogen functional groups attached to an aromatic ring is 1. The number of amides is 1. The van der Waals surface area contributed by atoms with Crippen LogP contribution in [0.1, 0.15) is 12.0 Å². The molecule has 0 radical (unpaired) electrons. The summed E-state index contributed by atoms with van der Waals surface area (Å²) in [7, 11) is 0. The van der Waals surface area contributed by atoms with Gasteiger partial charge in [0.15, 0.2) is 0 Å². The van der Waals surface area contributed by atoms with Crippen LogP contribution in [0.25, 0.3) is 0 Å². The number of hydrogen-bond donors (Lipinski definition) is 1. The number of carbonyl (C=O) groups excluding carboxylic acids is 1. The molecule has 2 N–H and O–H groups in total. The van der Waals surface area contributed by atoms with Crippen molar-refractivity contribution in [2.24, 2.45) is 0 Å². The highest BCUT2D eigenvalue weighted by Crippen LogP contribution is 2.32. The molecule has 21 heavy (non-hydrogen) atoms. The number of anilines is 2. The number of hydrogen-bond acceptors (Lipinski definition) is 3. The molecule has 1 aliphatic heterocycles. The van der Waals surface area contributed by atoms with Gasteiger partial charge in [-0.3, -0.25) is 4.79 Å². The quantitative estimate of drug-likeness (QED) is 0.698. The smallest absolute Gasteiger partial charge is 0.237 e. The molecule has 3 nitrogen and oxygen atoms in total. The van der Waals surface area contributed by atoms with E-state index >= 15 is 0 Å². The van der Waals surface area contributed by atoms with Gasteiger partial charge < -0.3 is 10.6 Å². The summed E-state index contributed by atoms with van der Waals surface area (Å²) in [5, 5.41) is 0. The lowest BCUT2D eigenvalue weighted by Gasteiger charge is -2.30. The minimum atomic E-state index is 0.149. The zero-order chi connectivity index (χ0) is 14.7. The molecular formula is C17H18N2OS. The predicted octanol–water partition coefficient (Wildman–Crippen LogP) is 3.34. The van der Waals surface area contributed by atoms with E-state index < -0.39 is 0 Å². The zero-order valence-electron chi connectivity index (χ0n) is 11.8. The fraction of sp³-hybridized carbons (Fsp3) is 0.235. The Morgan fingerprint density at radius 2 is 1.95 bits per heavy atom. The van der Waals surface area contributed by atoms with Gasteiger partial charge in [-0.1, -0.05) is 24.3 Å². The molecule has 0 fully saturated rings. The van der Waals surface area contributed by atoms with Crippen LogP contribution in [0.5, 0.6) is 0 Å². The normalized spacial score (nSPS) is 13.8. The Bertz CT molecular complexity index is 642. The Kier molecular flexibility index (Phi) is 4.15. The third-order valence-electron chi connectivity index (χ3n) is 3.69. The van der Waals surface area contributed by atoms with Gasteiger partial charge in [-0.05, 0) is 42.7 Å². The molecule has 2 aromatic rings.